The molecule has 0 aromatic carbocycles. The van der Waals surface area contributed by atoms with Crippen LogP contribution in [0, 0.1) is 0 Å². The lowest BCUT2D eigenvalue weighted by Crippen LogP contribution is -2.44. The van der Waals surface area contributed by atoms with E-state index in [-0.39, 0.29) is 0 Å². The zero-order valence-corrected chi connectivity index (χ0v) is 13.4. The number of anilines is 1. The van der Waals surface area contributed by atoms with E-state index in [4.69, 9.17) is 9.97 Å². The molecule has 0 saturated carbocycles. The van der Waals surface area contributed by atoms with E-state index in [1.54, 1.807) is 18.7 Å². The van der Waals surface area contributed by atoms with Gasteiger partial charge in [-0.15, -0.1) is 0 Å². The van der Waals surface area contributed by atoms with Crippen LogP contribution in [-0.4, -0.2) is 62.5 Å². The summed E-state index contributed by atoms with van der Waals surface area (Å²) in [6.45, 7) is 4.04. The predicted molar refractivity (Wildman–Crippen MR) is 93.3 cm³/mol. The number of nitrogens with zero attached hydrogens (tertiary/aromatic N) is 7. The Kier molecular flexibility index (Phi) is 2.90. The zero-order chi connectivity index (χ0) is 16.1. The minimum absolute atomic E-state index is 0.853. The van der Waals surface area contributed by atoms with E-state index in [0.717, 1.165) is 59.6 Å². The fraction of sp³-hybridized carbons (Fsp3) is 0.294. The van der Waals surface area contributed by atoms with Crippen LogP contribution in [-0.2, 0) is 0 Å². The lowest BCUT2D eigenvalue weighted by Gasteiger charge is -2.34. The number of piperazine rings is 1. The molecular formula is C17H17N7. The quantitative estimate of drug-likeness (QED) is 0.531. The molecule has 0 aliphatic carbocycles. The number of rotatable bonds is 1. The molecule has 7 heteroatoms. The Hall–Kier alpha value is -2.80. The molecule has 4 aromatic rings. The summed E-state index contributed by atoms with van der Waals surface area (Å²) in [4.78, 5) is 23.0. The highest BCUT2D eigenvalue weighted by Gasteiger charge is 2.22. The third kappa shape index (κ3) is 1.94. The smallest absolute Gasteiger partial charge is 0.168 e. The van der Waals surface area contributed by atoms with Gasteiger partial charge in [0.25, 0.3) is 0 Å². The van der Waals surface area contributed by atoms with Crippen LogP contribution in [0.2, 0.25) is 0 Å². The molecule has 0 N–H and O–H groups in total. The standard InChI is InChI=1S/C17H17N7/c1-22-6-8-23(9-7-22)16-12-10-18-4-2-13(12)20-17-15(16)21-14-3-5-19-11-24(14)17/h2-5,10-11H,6-9H2,1H3. The molecule has 24 heavy (non-hydrogen) atoms. The Labute approximate surface area is 138 Å². The van der Waals surface area contributed by atoms with Crippen LogP contribution in [0.1, 0.15) is 0 Å². The van der Waals surface area contributed by atoms with Gasteiger partial charge in [-0.25, -0.2) is 15.0 Å². The topological polar surface area (TPSA) is 62.5 Å². The summed E-state index contributed by atoms with van der Waals surface area (Å²) >= 11 is 0. The molecule has 1 saturated heterocycles. The van der Waals surface area contributed by atoms with Gasteiger partial charge in [-0.2, -0.15) is 0 Å². The maximum atomic E-state index is 4.84. The second-order valence-electron chi connectivity index (χ2n) is 6.24. The summed E-state index contributed by atoms with van der Waals surface area (Å²) in [6.07, 6.45) is 7.23. The summed E-state index contributed by atoms with van der Waals surface area (Å²) in [5, 5.41) is 1.06. The molecule has 120 valence electrons. The highest BCUT2D eigenvalue weighted by Crippen LogP contribution is 2.33. The van der Waals surface area contributed by atoms with Gasteiger partial charge in [-0.05, 0) is 19.2 Å². The van der Waals surface area contributed by atoms with E-state index in [2.05, 4.69) is 26.8 Å². The largest absolute Gasteiger partial charge is 0.367 e. The van der Waals surface area contributed by atoms with Crippen LogP contribution in [0.25, 0.3) is 27.7 Å². The van der Waals surface area contributed by atoms with E-state index >= 15 is 0 Å². The minimum Gasteiger partial charge on any atom is -0.367 e. The molecule has 0 bridgehead atoms. The van der Waals surface area contributed by atoms with E-state index in [0.29, 0.717) is 0 Å². The molecule has 5 rings (SSSR count). The van der Waals surface area contributed by atoms with Gasteiger partial charge in [0.15, 0.2) is 5.65 Å². The lowest BCUT2D eigenvalue weighted by molar-refractivity contribution is 0.313. The summed E-state index contributed by atoms with van der Waals surface area (Å²) in [7, 11) is 2.16. The first kappa shape index (κ1) is 13.6. The van der Waals surface area contributed by atoms with Gasteiger partial charge in [0, 0.05) is 50.2 Å². The average molecular weight is 319 g/mol. The number of likely N-dealkylation sites (N-methyl/N-ethyl adjacent to an activating group) is 1. The van der Waals surface area contributed by atoms with Crippen molar-refractivity contribution in [2.75, 3.05) is 38.1 Å². The molecule has 1 fully saturated rings. The fourth-order valence-electron chi connectivity index (χ4n) is 3.41. The SMILES string of the molecule is CN1CCN(c2c3cnccc3nc3c2nc2ccncn23)CC1. The van der Waals surface area contributed by atoms with Crippen LogP contribution in [0.3, 0.4) is 0 Å². The minimum atomic E-state index is 0.853. The monoisotopic (exact) mass is 319 g/mol. The normalized spacial score (nSPS) is 16.5. The molecule has 0 atom stereocenters. The van der Waals surface area contributed by atoms with Crippen LogP contribution in [0.5, 0.6) is 0 Å². The Bertz CT molecular complexity index is 1050. The highest BCUT2D eigenvalue weighted by molar-refractivity contribution is 6.06. The zero-order valence-electron chi connectivity index (χ0n) is 13.4. The molecular weight excluding hydrogens is 302 g/mol. The van der Waals surface area contributed by atoms with Crippen LogP contribution in [0.15, 0.2) is 37.1 Å². The van der Waals surface area contributed by atoms with Gasteiger partial charge in [0.05, 0.1) is 11.2 Å². The summed E-state index contributed by atoms with van der Waals surface area (Å²) in [5.41, 5.74) is 4.72. The second-order valence-corrected chi connectivity index (χ2v) is 6.24. The van der Waals surface area contributed by atoms with Gasteiger partial charge in [-0.1, -0.05) is 0 Å². The molecule has 4 aromatic heterocycles. The van der Waals surface area contributed by atoms with Gasteiger partial charge >= 0.3 is 0 Å². The number of aromatic nitrogens is 5. The Morgan fingerprint density at radius 3 is 2.67 bits per heavy atom. The van der Waals surface area contributed by atoms with Crippen molar-refractivity contribution in [1.82, 2.24) is 29.2 Å². The van der Waals surface area contributed by atoms with Crippen molar-refractivity contribution in [1.29, 1.82) is 0 Å². The van der Waals surface area contributed by atoms with Crippen molar-refractivity contribution in [3.8, 4) is 0 Å². The van der Waals surface area contributed by atoms with E-state index in [1.165, 1.54) is 0 Å². The van der Waals surface area contributed by atoms with E-state index < -0.39 is 0 Å². The predicted octanol–water partition coefficient (Wildman–Crippen LogP) is 1.58. The molecule has 0 radical (unpaired) electrons. The molecule has 0 spiro atoms. The molecule has 1 aliphatic rings. The number of imidazole rings is 1. The Morgan fingerprint density at radius 1 is 0.958 bits per heavy atom. The summed E-state index contributed by atoms with van der Waals surface area (Å²) < 4.78 is 1.95. The maximum absolute atomic E-state index is 4.84. The number of fused-ring (bicyclic) bond motifs is 4. The van der Waals surface area contributed by atoms with Gasteiger partial charge in [0.2, 0.25) is 0 Å². The number of hydrogen-bond acceptors (Lipinski definition) is 6. The molecule has 5 heterocycles. The Balaban J connectivity index is 1.86. The maximum Gasteiger partial charge on any atom is 0.168 e. The van der Waals surface area contributed by atoms with E-state index in [1.807, 2.05) is 22.7 Å². The van der Waals surface area contributed by atoms with Crippen molar-refractivity contribution in [2.24, 2.45) is 0 Å². The van der Waals surface area contributed by atoms with Crippen molar-refractivity contribution < 1.29 is 0 Å². The highest BCUT2D eigenvalue weighted by atomic mass is 15.3. The summed E-state index contributed by atoms with van der Waals surface area (Å²) in [6, 6.07) is 3.88. The molecule has 0 amide bonds. The van der Waals surface area contributed by atoms with Crippen molar-refractivity contribution in [3.05, 3.63) is 37.1 Å². The second kappa shape index (κ2) is 5.10. The first-order chi connectivity index (χ1) is 11.8. The number of pyridine rings is 2. The van der Waals surface area contributed by atoms with Crippen molar-refractivity contribution in [2.45, 2.75) is 0 Å². The van der Waals surface area contributed by atoms with E-state index in [9.17, 15) is 0 Å². The third-order valence-electron chi connectivity index (χ3n) is 4.73. The Morgan fingerprint density at radius 2 is 1.79 bits per heavy atom. The average Bonchev–Trinajstić information content (AvgIpc) is 2.99. The van der Waals surface area contributed by atoms with Crippen LogP contribution in [0.4, 0.5) is 5.69 Å². The summed E-state index contributed by atoms with van der Waals surface area (Å²) in [5.74, 6) is 0. The van der Waals surface area contributed by atoms with Crippen molar-refractivity contribution >= 4 is 33.4 Å². The first-order valence-electron chi connectivity index (χ1n) is 8.10. The van der Waals surface area contributed by atoms with Gasteiger partial charge in [-0.3, -0.25) is 9.38 Å². The van der Waals surface area contributed by atoms with Crippen LogP contribution >= 0.6 is 0 Å². The van der Waals surface area contributed by atoms with Gasteiger partial charge < -0.3 is 9.80 Å². The molecule has 1 aliphatic heterocycles. The molecule has 0 unspecified atom stereocenters. The van der Waals surface area contributed by atoms with Crippen LogP contribution < -0.4 is 4.90 Å². The van der Waals surface area contributed by atoms with Crippen molar-refractivity contribution in [3.63, 3.8) is 0 Å². The lowest BCUT2D eigenvalue weighted by atomic mass is 10.1. The third-order valence-corrected chi connectivity index (χ3v) is 4.73. The molecule has 7 nitrogen and oxygen atoms in total. The first-order valence-corrected chi connectivity index (χ1v) is 8.10. The number of hydrogen-bond donors (Lipinski definition) is 0. The van der Waals surface area contributed by atoms with Gasteiger partial charge in [0.1, 0.15) is 17.5 Å². The fourth-order valence-corrected chi connectivity index (χ4v) is 3.41.